The van der Waals surface area contributed by atoms with Crippen LogP contribution in [0.25, 0.3) is 0 Å². The lowest BCUT2D eigenvalue weighted by molar-refractivity contribution is 0.0919. The van der Waals surface area contributed by atoms with Crippen molar-refractivity contribution in [3.05, 3.63) is 35.4 Å². The molecule has 4 nitrogen and oxygen atoms in total. The first-order valence-corrected chi connectivity index (χ1v) is 5.82. The smallest absolute Gasteiger partial charge is 0.251 e. The van der Waals surface area contributed by atoms with E-state index in [9.17, 15) is 4.79 Å². The molecule has 0 aliphatic heterocycles. The maximum Gasteiger partial charge on any atom is 0.251 e. The predicted molar refractivity (Wildman–Crippen MR) is 71.3 cm³/mol. The van der Waals surface area contributed by atoms with Crippen molar-refractivity contribution in [1.29, 1.82) is 5.26 Å². The van der Waals surface area contributed by atoms with E-state index in [1.807, 2.05) is 20.2 Å². The second kappa shape index (κ2) is 5.65. The fourth-order valence-electron chi connectivity index (χ4n) is 1.29. The highest BCUT2D eigenvalue weighted by atomic mass is 16.1. The fourth-order valence-corrected chi connectivity index (χ4v) is 1.29. The molecular weight excluding hydrogens is 226 g/mol. The number of nitriles is 1. The maximum absolute atomic E-state index is 11.9. The largest absolute Gasteiger partial charge is 0.350 e. The Kier molecular flexibility index (Phi) is 4.46. The molecule has 0 atom stereocenters. The molecule has 0 saturated heterocycles. The second-order valence-electron chi connectivity index (χ2n) is 5.08. The number of carbonyl (C=O) groups is 1. The van der Waals surface area contributed by atoms with Crippen LogP contribution >= 0.6 is 0 Å². The second-order valence-corrected chi connectivity index (χ2v) is 5.08. The van der Waals surface area contributed by atoms with E-state index in [2.05, 4.69) is 24.1 Å². The van der Waals surface area contributed by atoms with Crippen molar-refractivity contribution in [3.63, 3.8) is 0 Å². The van der Waals surface area contributed by atoms with Crippen LogP contribution in [0.5, 0.6) is 0 Å². The third kappa shape index (κ3) is 3.57. The summed E-state index contributed by atoms with van der Waals surface area (Å²) < 4.78 is 0. The van der Waals surface area contributed by atoms with Gasteiger partial charge in [-0.1, -0.05) is 6.07 Å². The number of amides is 1. The molecule has 0 aliphatic carbocycles. The molecule has 4 heteroatoms. The van der Waals surface area contributed by atoms with Gasteiger partial charge in [-0.15, -0.1) is 0 Å². The van der Waals surface area contributed by atoms with Gasteiger partial charge in [-0.05, 0) is 46.1 Å². The fraction of sp³-hybridized carbons (Fsp3) is 0.429. The van der Waals surface area contributed by atoms with Gasteiger partial charge in [0, 0.05) is 17.6 Å². The van der Waals surface area contributed by atoms with Crippen LogP contribution in [0.3, 0.4) is 0 Å². The number of hydrogen-bond donors (Lipinski definition) is 1. The first-order valence-electron chi connectivity index (χ1n) is 5.82. The monoisotopic (exact) mass is 245 g/mol. The molecule has 1 aromatic carbocycles. The first-order chi connectivity index (χ1) is 8.36. The summed E-state index contributed by atoms with van der Waals surface area (Å²) in [5.41, 5.74) is 0.904. The van der Waals surface area contributed by atoms with E-state index in [-0.39, 0.29) is 11.4 Å². The molecule has 0 heterocycles. The van der Waals surface area contributed by atoms with Gasteiger partial charge < -0.3 is 10.2 Å². The Morgan fingerprint density at radius 2 is 2.11 bits per heavy atom. The molecule has 0 bridgehead atoms. The van der Waals surface area contributed by atoms with Gasteiger partial charge in [-0.2, -0.15) is 5.26 Å². The maximum atomic E-state index is 11.9. The predicted octanol–water partition coefficient (Wildman–Crippen LogP) is 1.63. The zero-order chi connectivity index (χ0) is 13.8. The number of hydrogen-bond acceptors (Lipinski definition) is 3. The summed E-state index contributed by atoms with van der Waals surface area (Å²) in [5.74, 6) is -0.151. The SMILES string of the molecule is CN(C)C(C)(C)CNC(=O)c1cccc(C#N)c1. The minimum absolute atomic E-state index is 0.109. The van der Waals surface area contributed by atoms with Gasteiger partial charge in [0.2, 0.25) is 0 Å². The lowest BCUT2D eigenvalue weighted by Crippen LogP contribution is -2.48. The van der Waals surface area contributed by atoms with E-state index in [4.69, 9.17) is 5.26 Å². The molecule has 0 aliphatic rings. The Labute approximate surface area is 108 Å². The van der Waals surface area contributed by atoms with Crippen molar-refractivity contribution < 1.29 is 4.79 Å². The minimum Gasteiger partial charge on any atom is -0.350 e. The quantitative estimate of drug-likeness (QED) is 0.877. The lowest BCUT2D eigenvalue weighted by atomic mass is 10.0. The molecule has 18 heavy (non-hydrogen) atoms. The van der Waals surface area contributed by atoms with Crippen molar-refractivity contribution in [3.8, 4) is 6.07 Å². The molecular formula is C14H19N3O. The Bertz CT molecular complexity index is 472. The van der Waals surface area contributed by atoms with Crippen LogP contribution in [0, 0.1) is 11.3 Å². The van der Waals surface area contributed by atoms with Gasteiger partial charge >= 0.3 is 0 Å². The third-order valence-corrected chi connectivity index (χ3v) is 3.15. The van der Waals surface area contributed by atoms with Crippen LogP contribution in [-0.2, 0) is 0 Å². The summed E-state index contributed by atoms with van der Waals surface area (Å²) >= 11 is 0. The molecule has 0 radical (unpaired) electrons. The van der Waals surface area contributed by atoms with Crippen LogP contribution in [0.1, 0.15) is 29.8 Å². The number of nitrogens with zero attached hydrogens (tertiary/aromatic N) is 2. The normalized spacial score (nSPS) is 11.1. The highest BCUT2D eigenvalue weighted by Gasteiger charge is 2.21. The average Bonchev–Trinajstić information content (AvgIpc) is 2.36. The Balaban J connectivity index is 2.69. The molecule has 0 unspecified atom stereocenters. The Morgan fingerprint density at radius 1 is 1.44 bits per heavy atom. The highest BCUT2D eigenvalue weighted by molar-refractivity contribution is 5.94. The molecule has 1 aromatic rings. The van der Waals surface area contributed by atoms with E-state index in [0.29, 0.717) is 17.7 Å². The summed E-state index contributed by atoms with van der Waals surface area (Å²) in [7, 11) is 3.95. The van der Waals surface area contributed by atoms with Gasteiger partial charge in [-0.3, -0.25) is 4.79 Å². The van der Waals surface area contributed by atoms with E-state index in [1.165, 1.54) is 0 Å². The number of likely N-dealkylation sites (N-methyl/N-ethyl adjacent to an activating group) is 1. The van der Waals surface area contributed by atoms with Crippen molar-refractivity contribution in [2.45, 2.75) is 19.4 Å². The first kappa shape index (κ1) is 14.2. The number of benzene rings is 1. The van der Waals surface area contributed by atoms with Crippen molar-refractivity contribution >= 4 is 5.91 Å². The Morgan fingerprint density at radius 3 is 2.67 bits per heavy atom. The summed E-state index contributed by atoms with van der Waals surface area (Å²) in [4.78, 5) is 14.0. The van der Waals surface area contributed by atoms with Crippen molar-refractivity contribution in [2.75, 3.05) is 20.6 Å². The summed E-state index contributed by atoms with van der Waals surface area (Å²) in [6.45, 7) is 4.66. The molecule has 0 fully saturated rings. The van der Waals surface area contributed by atoms with Crippen molar-refractivity contribution in [1.82, 2.24) is 10.2 Å². The van der Waals surface area contributed by atoms with Crippen LogP contribution < -0.4 is 5.32 Å². The lowest BCUT2D eigenvalue weighted by Gasteiger charge is -2.32. The van der Waals surface area contributed by atoms with Crippen LogP contribution in [0.2, 0.25) is 0 Å². The van der Waals surface area contributed by atoms with Gasteiger partial charge in [-0.25, -0.2) is 0 Å². The third-order valence-electron chi connectivity index (χ3n) is 3.15. The van der Waals surface area contributed by atoms with Gasteiger partial charge in [0.1, 0.15) is 0 Å². The summed E-state index contributed by atoms with van der Waals surface area (Å²) in [6.07, 6.45) is 0. The number of carbonyl (C=O) groups excluding carboxylic acids is 1. The minimum atomic E-state index is -0.151. The Hall–Kier alpha value is -1.86. The topological polar surface area (TPSA) is 56.1 Å². The number of rotatable bonds is 4. The molecule has 0 aromatic heterocycles. The molecule has 96 valence electrons. The highest BCUT2D eigenvalue weighted by Crippen LogP contribution is 2.09. The standard InChI is InChI=1S/C14H19N3O/c1-14(2,17(3)4)10-16-13(18)12-7-5-6-11(8-12)9-15/h5-8H,10H2,1-4H3,(H,16,18). The van der Waals surface area contributed by atoms with E-state index < -0.39 is 0 Å². The van der Waals surface area contributed by atoms with Gasteiger partial charge in [0.25, 0.3) is 5.91 Å². The van der Waals surface area contributed by atoms with Gasteiger partial charge in [0.15, 0.2) is 0 Å². The molecule has 1 rings (SSSR count). The van der Waals surface area contributed by atoms with Crippen LogP contribution in [0.15, 0.2) is 24.3 Å². The van der Waals surface area contributed by atoms with Crippen LogP contribution in [-0.4, -0.2) is 37.0 Å². The van der Waals surface area contributed by atoms with Crippen molar-refractivity contribution in [2.24, 2.45) is 0 Å². The molecule has 1 N–H and O–H groups in total. The van der Waals surface area contributed by atoms with E-state index in [1.54, 1.807) is 24.3 Å². The van der Waals surface area contributed by atoms with E-state index in [0.717, 1.165) is 0 Å². The van der Waals surface area contributed by atoms with E-state index >= 15 is 0 Å². The zero-order valence-corrected chi connectivity index (χ0v) is 11.3. The molecule has 0 saturated carbocycles. The van der Waals surface area contributed by atoms with Gasteiger partial charge in [0.05, 0.1) is 11.6 Å². The average molecular weight is 245 g/mol. The van der Waals surface area contributed by atoms with Crippen LogP contribution in [0.4, 0.5) is 0 Å². The zero-order valence-electron chi connectivity index (χ0n) is 11.3. The summed E-state index contributed by atoms with van der Waals surface area (Å²) in [6, 6.07) is 8.72. The molecule has 0 spiro atoms. The molecule has 1 amide bonds. The number of nitrogens with one attached hydrogen (secondary N) is 1. The summed E-state index contributed by atoms with van der Waals surface area (Å²) in [5, 5.41) is 11.7.